The van der Waals surface area contributed by atoms with Crippen molar-refractivity contribution in [3.05, 3.63) is 23.8 Å². The highest BCUT2D eigenvalue weighted by molar-refractivity contribution is 5.91. The predicted molar refractivity (Wildman–Crippen MR) is 82.7 cm³/mol. The molecule has 21 heavy (non-hydrogen) atoms. The number of anilines is 1. The van der Waals surface area contributed by atoms with E-state index in [0.717, 1.165) is 18.4 Å². The van der Waals surface area contributed by atoms with Crippen LogP contribution in [0.1, 0.15) is 25.3 Å². The fraction of sp³-hybridized carbons (Fsp3) is 0.562. The second kappa shape index (κ2) is 6.80. The number of carbonyl (C=O) groups is 1. The first-order valence-electron chi connectivity index (χ1n) is 7.40. The van der Waals surface area contributed by atoms with Gasteiger partial charge in [0.05, 0.1) is 18.9 Å². The fourth-order valence-corrected chi connectivity index (χ4v) is 2.70. The van der Waals surface area contributed by atoms with Gasteiger partial charge in [0.25, 0.3) is 0 Å². The van der Waals surface area contributed by atoms with Gasteiger partial charge in [-0.05, 0) is 50.3 Å². The number of aliphatic hydroxyl groups excluding tert-OH is 1. The van der Waals surface area contributed by atoms with Gasteiger partial charge in [0.2, 0.25) is 0 Å². The molecule has 1 atom stereocenters. The van der Waals surface area contributed by atoms with Gasteiger partial charge >= 0.3 is 6.03 Å². The van der Waals surface area contributed by atoms with Gasteiger partial charge < -0.3 is 20.1 Å². The molecule has 1 saturated heterocycles. The number of hydrogen-bond acceptors (Lipinski definition) is 3. The van der Waals surface area contributed by atoms with Crippen LogP contribution in [-0.2, 0) is 0 Å². The van der Waals surface area contributed by atoms with Gasteiger partial charge in [-0.2, -0.15) is 0 Å². The molecule has 1 fully saturated rings. The molecule has 1 heterocycles. The van der Waals surface area contributed by atoms with Gasteiger partial charge in [0.1, 0.15) is 5.75 Å². The lowest BCUT2D eigenvalue weighted by Gasteiger charge is -2.33. The van der Waals surface area contributed by atoms with E-state index in [-0.39, 0.29) is 12.1 Å². The van der Waals surface area contributed by atoms with Gasteiger partial charge in [0, 0.05) is 13.1 Å². The molecular weight excluding hydrogens is 268 g/mol. The number of urea groups is 1. The average Bonchev–Trinajstić information content (AvgIpc) is 2.47. The van der Waals surface area contributed by atoms with Crippen molar-refractivity contribution in [1.29, 1.82) is 0 Å². The summed E-state index contributed by atoms with van der Waals surface area (Å²) < 4.78 is 5.27. The van der Waals surface area contributed by atoms with Crippen LogP contribution in [0.2, 0.25) is 0 Å². The summed E-state index contributed by atoms with van der Waals surface area (Å²) in [5.41, 5.74) is 1.76. The van der Waals surface area contributed by atoms with Crippen molar-refractivity contribution in [2.24, 2.45) is 5.92 Å². The number of amides is 2. The molecule has 2 rings (SSSR count). The maximum absolute atomic E-state index is 12.3. The van der Waals surface area contributed by atoms with E-state index in [2.05, 4.69) is 5.32 Å². The quantitative estimate of drug-likeness (QED) is 0.900. The highest BCUT2D eigenvalue weighted by Gasteiger charge is 2.25. The number of benzene rings is 1. The third kappa shape index (κ3) is 3.88. The maximum Gasteiger partial charge on any atom is 0.321 e. The van der Waals surface area contributed by atoms with Crippen molar-refractivity contribution in [1.82, 2.24) is 4.90 Å². The normalized spacial score (nSPS) is 17.4. The molecule has 5 heteroatoms. The Kier molecular flexibility index (Phi) is 5.07. The first-order chi connectivity index (χ1) is 10.0. The van der Waals surface area contributed by atoms with Crippen molar-refractivity contribution in [3.8, 4) is 5.75 Å². The van der Waals surface area contributed by atoms with E-state index in [1.807, 2.05) is 32.0 Å². The third-order valence-corrected chi connectivity index (χ3v) is 4.11. The van der Waals surface area contributed by atoms with Crippen LogP contribution in [0.4, 0.5) is 10.5 Å². The van der Waals surface area contributed by atoms with Crippen LogP contribution in [0.25, 0.3) is 0 Å². The van der Waals surface area contributed by atoms with E-state index >= 15 is 0 Å². The number of rotatable bonds is 3. The fourth-order valence-electron chi connectivity index (χ4n) is 2.70. The van der Waals surface area contributed by atoms with Gasteiger partial charge in [-0.1, -0.05) is 6.07 Å². The zero-order valence-electron chi connectivity index (χ0n) is 12.9. The lowest BCUT2D eigenvalue weighted by atomic mass is 9.92. The van der Waals surface area contributed by atoms with Gasteiger partial charge in [-0.25, -0.2) is 4.79 Å². The Morgan fingerprint density at radius 3 is 2.67 bits per heavy atom. The van der Waals surface area contributed by atoms with Crippen LogP contribution >= 0.6 is 0 Å². The Morgan fingerprint density at radius 1 is 1.43 bits per heavy atom. The minimum Gasteiger partial charge on any atom is -0.495 e. The molecule has 0 saturated carbocycles. The van der Waals surface area contributed by atoms with Crippen molar-refractivity contribution < 1.29 is 14.6 Å². The minimum absolute atomic E-state index is 0.108. The average molecular weight is 292 g/mol. The Hall–Kier alpha value is -1.75. The third-order valence-electron chi connectivity index (χ3n) is 4.11. The highest BCUT2D eigenvalue weighted by Crippen LogP contribution is 2.26. The molecule has 1 aromatic rings. The van der Waals surface area contributed by atoms with E-state index < -0.39 is 0 Å². The van der Waals surface area contributed by atoms with Crippen molar-refractivity contribution in [2.75, 3.05) is 25.5 Å². The van der Waals surface area contributed by atoms with Crippen LogP contribution in [0.3, 0.4) is 0 Å². The molecular formula is C16H24N2O3. The van der Waals surface area contributed by atoms with E-state index in [9.17, 15) is 9.90 Å². The number of nitrogens with zero attached hydrogens (tertiary/aromatic N) is 1. The second-order valence-electron chi connectivity index (χ2n) is 5.70. The molecule has 0 bridgehead atoms. The largest absolute Gasteiger partial charge is 0.495 e. The van der Waals surface area contributed by atoms with Crippen LogP contribution < -0.4 is 10.1 Å². The molecule has 1 aliphatic rings. The molecule has 1 aromatic carbocycles. The Labute approximate surface area is 125 Å². The number of carbonyl (C=O) groups excluding carboxylic acids is 1. The summed E-state index contributed by atoms with van der Waals surface area (Å²) >= 11 is 0. The summed E-state index contributed by atoms with van der Waals surface area (Å²) in [4.78, 5) is 14.1. The van der Waals surface area contributed by atoms with Gasteiger partial charge in [-0.15, -0.1) is 0 Å². The summed E-state index contributed by atoms with van der Waals surface area (Å²) in [6.45, 7) is 5.15. The predicted octanol–water partition coefficient (Wildman–Crippen LogP) is 2.63. The smallest absolute Gasteiger partial charge is 0.321 e. The molecule has 1 unspecified atom stereocenters. The monoisotopic (exact) mass is 292 g/mol. The zero-order valence-corrected chi connectivity index (χ0v) is 12.9. The van der Waals surface area contributed by atoms with E-state index in [1.54, 1.807) is 12.0 Å². The number of aliphatic hydroxyl groups is 1. The maximum atomic E-state index is 12.3. The summed E-state index contributed by atoms with van der Waals surface area (Å²) in [6.07, 6.45) is 1.39. The standard InChI is InChI=1S/C16H24N2O3/c1-11-4-5-15(21-3)14(10-11)17-16(20)18-8-6-13(7-9-18)12(2)19/h4-5,10,12-13,19H,6-9H2,1-3H3,(H,17,20). The summed E-state index contributed by atoms with van der Waals surface area (Å²) in [5.74, 6) is 0.954. The molecule has 0 radical (unpaired) electrons. The first kappa shape index (κ1) is 15.6. The molecule has 2 amide bonds. The molecule has 116 valence electrons. The number of ether oxygens (including phenoxy) is 1. The highest BCUT2D eigenvalue weighted by atomic mass is 16.5. The lowest BCUT2D eigenvalue weighted by Crippen LogP contribution is -2.42. The van der Waals surface area contributed by atoms with Crippen molar-refractivity contribution >= 4 is 11.7 Å². The first-order valence-corrected chi connectivity index (χ1v) is 7.40. The molecule has 0 aromatic heterocycles. The van der Waals surface area contributed by atoms with E-state index in [4.69, 9.17) is 4.74 Å². The van der Waals surface area contributed by atoms with Crippen molar-refractivity contribution in [3.63, 3.8) is 0 Å². The topological polar surface area (TPSA) is 61.8 Å². The molecule has 0 aliphatic carbocycles. The summed E-state index contributed by atoms with van der Waals surface area (Å²) in [7, 11) is 1.59. The van der Waals surface area contributed by atoms with Crippen LogP contribution in [0.15, 0.2) is 18.2 Å². The van der Waals surface area contributed by atoms with Crippen LogP contribution in [0, 0.1) is 12.8 Å². The SMILES string of the molecule is COc1ccc(C)cc1NC(=O)N1CCC(C(C)O)CC1. The van der Waals surface area contributed by atoms with Crippen molar-refractivity contribution in [2.45, 2.75) is 32.8 Å². The van der Waals surface area contributed by atoms with Gasteiger partial charge in [-0.3, -0.25) is 0 Å². The summed E-state index contributed by atoms with van der Waals surface area (Å²) in [5, 5.41) is 12.5. The number of methoxy groups -OCH3 is 1. The molecule has 5 nitrogen and oxygen atoms in total. The summed E-state index contributed by atoms with van der Waals surface area (Å²) in [6, 6.07) is 5.59. The van der Waals surface area contributed by atoms with Crippen LogP contribution in [0.5, 0.6) is 5.75 Å². The zero-order chi connectivity index (χ0) is 15.4. The number of nitrogens with one attached hydrogen (secondary N) is 1. The number of likely N-dealkylation sites (tertiary alicyclic amines) is 1. The minimum atomic E-state index is -0.299. The lowest BCUT2D eigenvalue weighted by molar-refractivity contribution is 0.0820. The second-order valence-corrected chi connectivity index (χ2v) is 5.70. The van der Waals surface area contributed by atoms with E-state index in [0.29, 0.717) is 30.4 Å². The number of piperidine rings is 1. The van der Waals surface area contributed by atoms with Gasteiger partial charge in [0.15, 0.2) is 0 Å². The van der Waals surface area contributed by atoms with E-state index in [1.165, 1.54) is 0 Å². The van der Waals surface area contributed by atoms with Crippen LogP contribution in [-0.4, -0.2) is 42.3 Å². The number of hydrogen-bond donors (Lipinski definition) is 2. The Balaban J connectivity index is 1.98. The Bertz CT molecular complexity index is 494. The molecule has 0 spiro atoms. The number of aryl methyl sites for hydroxylation is 1. The molecule has 1 aliphatic heterocycles. The Morgan fingerprint density at radius 2 is 2.10 bits per heavy atom. The molecule has 2 N–H and O–H groups in total.